The Hall–Kier alpha value is -0.600. The molecule has 17 heavy (non-hydrogen) atoms. The van der Waals surface area contributed by atoms with Crippen LogP contribution in [-0.4, -0.2) is 12.6 Å². The summed E-state index contributed by atoms with van der Waals surface area (Å²) < 4.78 is 13.3. The molecule has 1 saturated carbocycles. The van der Waals surface area contributed by atoms with Crippen molar-refractivity contribution < 1.29 is 4.39 Å². The molecule has 0 bridgehead atoms. The van der Waals surface area contributed by atoms with Gasteiger partial charge in [-0.1, -0.05) is 37.4 Å². The normalized spacial score (nSPS) is 17.1. The van der Waals surface area contributed by atoms with E-state index in [1.807, 2.05) is 6.07 Å². The largest absolute Gasteiger partial charge is 0.314 e. The minimum Gasteiger partial charge on any atom is -0.314 e. The highest BCUT2D eigenvalue weighted by molar-refractivity contribution is 6.30. The number of rotatable bonds is 6. The first-order valence-corrected chi connectivity index (χ1v) is 6.74. The van der Waals surface area contributed by atoms with Crippen LogP contribution in [0.15, 0.2) is 18.2 Å². The number of nitrogens with one attached hydrogen (secondary N) is 1. The lowest BCUT2D eigenvalue weighted by Crippen LogP contribution is -2.31. The SMILES string of the molecule is CCNC(Cc1ccc(Cl)c(F)c1)CC1CC1. The van der Waals surface area contributed by atoms with E-state index in [2.05, 4.69) is 12.2 Å². The van der Waals surface area contributed by atoms with Crippen LogP contribution in [-0.2, 0) is 6.42 Å². The Morgan fingerprint density at radius 3 is 2.82 bits per heavy atom. The van der Waals surface area contributed by atoms with Crippen molar-refractivity contribution in [3.63, 3.8) is 0 Å². The quantitative estimate of drug-likeness (QED) is 0.815. The van der Waals surface area contributed by atoms with Crippen molar-refractivity contribution in [3.05, 3.63) is 34.6 Å². The first-order chi connectivity index (χ1) is 8.19. The molecule has 1 N–H and O–H groups in total. The molecule has 1 nitrogen and oxygen atoms in total. The van der Waals surface area contributed by atoms with Crippen LogP contribution in [0.5, 0.6) is 0 Å². The summed E-state index contributed by atoms with van der Waals surface area (Å²) in [6, 6.07) is 5.59. The Morgan fingerprint density at radius 2 is 2.24 bits per heavy atom. The molecule has 1 aromatic rings. The summed E-state index contributed by atoms with van der Waals surface area (Å²) in [7, 11) is 0. The zero-order valence-electron chi connectivity index (χ0n) is 10.2. The van der Waals surface area contributed by atoms with Gasteiger partial charge in [0.15, 0.2) is 0 Å². The Kier molecular flexibility index (Phi) is 4.41. The molecule has 1 fully saturated rings. The molecular formula is C14H19ClFN. The molecule has 1 atom stereocenters. The van der Waals surface area contributed by atoms with Gasteiger partial charge in [0.1, 0.15) is 5.82 Å². The maximum Gasteiger partial charge on any atom is 0.142 e. The van der Waals surface area contributed by atoms with E-state index in [-0.39, 0.29) is 10.8 Å². The van der Waals surface area contributed by atoms with E-state index < -0.39 is 0 Å². The van der Waals surface area contributed by atoms with Gasteiger partial charge in [-0.3, -0.25) is 0 Å². The topological polar surface area (TPSA) is 12.0 Å². The molecule has 0 saturated heterocycles. The van der Waals surface area contributed by atoms with Crippen LogP contribution in [0.25, 0.3) is 0 Å². The molecule has 0 heterocycles. The second kappa shape index (κ2) is 5.83. The van der Waals surface area contributed by atoms with Crippen LogP contribution in [0.4, 0.5) is 4.39 Å². The van der Waals surface area contributed by atoms with Crippen LogP contribution in [0.2, 0.25) is 5.02 Å². The van der Waals surface area contributed by atoms with Gasteiger partial charge in [0.05, 0.1) is 5.02 Å². The van der Waals surface area contributed by atoms with Gasteiger partial charge in [0.2, 0.25) is 0 Å². The number of benzene rings is 1. The fourth-order valence-corrected chi connectivity index (χ4v) is 2.35. The molecule has 1 aliphatic carbocycles. The van der Waals surface area contributed by atoms with Gasteiger partial charge < -0.3 is 5.32 Å². The third-order valence-electron chi connectivity index (χ3n) is 3.27. The van der Waals surface area contributed by atoms with Gasteiger partial charge in [0, 0.05) is 6.04 Å². The predicted molar refractivity (Wildman–Crippen MR) is 69.9 cm³/mol. The Balaban J connectivity index is 1.97. The fourth-order valence-electron chi connectivity index (χ4n) is 2.23. The highest BCUT2D eigenvalue weighted by atomic mass is 35.5. The zero-order chi connectivity index (χ0) is 12.3. The van der Waals surface area contributed by atoms with Gasteiger partial charge in [-0.05, 0) is 43.0 Å². The van der Waals surface area contributed by atoms with E-state index in [9.17, 15) is 4.39 Å². The van der Waals surface area contributed by atoms with Crippen LogP contribution < -0.4 is 5.32 Å². The third kappa shape index (κ3) is 3.97. The average Bonchev–Trinajstić information content (AvgIpc) is 3.08. The summed E-state index contributed by atoms with van der Waals surface area (Å²) in [6.45, 7) is 3.08. The predicted octanol–water partition coefficient (Wildman–Crippen LogP) is 3.80. The molecular weight excluding hydrogens is 237 g/mol. The molecule has 0 radical (unpaired) electrons. The third-order valence-corrected chi connectivity index (χ3v) is 3.58. The lowest BCUT2D eigenvalue weighted by atomic mass is 10.0. The standard InChI is InChI=1S/C14H19ClFN/c1-2-17-12(7-10-3-4-10)8-11-5-6-13(15)14(16)9-11/h5-6,9-10,12,17H,2-4,7-8H2,1H3. The number of hydrogen-bond acceptors (Lipinski definition) is 1. The van der Waals surface area contributed by atoms with Crippen LogP contribution in [0.1, 0.15) is 31.7 Å². The molecule has 0 aromatic heterocycles. The Bertz CT molecular complexity index is 376. The van der Waals surface area contributed by atoms with Crippen LogP contribution >= 0.6 is 11.6 Å². The van der Waals surface area contributed by atoms with Gasteiger partial charge >= 0.3 is 0 Å². The lowest BCUT2D eigenvalue weighted by Gasteiger charge is -2.17. The molecule has 2 rings (SSSR count). The van der Waals surface area contributed by atoms with Gasteiger partial charge in [-0.15, -0.1) is 0 Å². The zero-order valence-corrected chi connectivity index (χ0v) is 10.9. The second-order valence-electron chi connectivity index (χ2n) is 4.89. The maximum absolute atomic E-state index is 13.3. The number of likely N-dealkylation sites (N-methyl/N-ethyl adjacent to an activating group) is 1. The summed E-state index contributed by atoms with van der Waals surface area (Å²) >= 11 is 5.68. The van der Waals surface area contributed by atoms with Crippen molar-refractivity contribution in [3.8, 4) is 0 Å². The number of hydrogen-bond donors (Lipinski definition) is 1. The smallest absolute Gasteiger partial charge is 0.142 e. The van der Waals surface area contributed by atoms with E-state index in [1.54, 1.807) is 12.1 Å². The summed E-state index contributed by atoms with van der Waals surface area (Å²) in [5.41, 5.74) is 1.03. The first kappa shape index (κ1) is 12.8. The number of halogens is 2. The molecule has 1 aliphatic rings. The Labute approximate surface area is 107 Å². The molecule has 0 amide bonds. The van der Waals surface area contributed by atoms with E-state index in [1.165, 1.54) is 19.3 Å². The molecule has 3 heteroatoms. The molecule has 1 unspecified atom stereocenters. The molecule has 0 spiro atoms. The van der Waals surface area contributed by atoms with Crippen molar-refractivity contribution in [2.45, 2.75) is 38.6 Å². The monoisotopic (exact) mass is 255 g/mol. The molecule has 94 valence electrons. The van der Waals surface area contributed by atoms with Gasteiger partial charge in [0.25, 0.3) is 0 Å². The van der Waals surface area contributed by atoms with Crippen LogP contribution in [0, 0.1) is 11.7 Å². The molecule has 0 aliphatic heterocycles. The van der Waals surface area contributed by atoms with E-state index in [0.717, 1.165) is 24.4 Å². The molecule has 1 aromatic carbocycles. The highest BCUT2D eigenvalue weighted by Gasteiger charge is 2.25. The summed E-state index contributed by atoms with van der Waals surface area (Å²) in [5, 5.41) is 3.69. The summed E-state index contributed by atoms with van der Waals surface area (Å²) in [6.07, 6.45) is 4.81. The minimum atomic E-state index is -0.314. The van der Waals surface area contributed by atoms with Crippen molar-refractivity contribution in [2.24, 2.45) is 5.92 Å². The fraction of sp³-hybridized carbons (Fsp3) is 0.571. The first-order valence-electron chi connectivity index (χ1n) is 6.36. The van der Waals surface area contributed by atoms with E-state index in [0.29, 0.717) is 6.04 Å². The maximum atomic E-state index is 13.3. The van der Waals surface area contributed by atoms with Gasteiger partial charge in [-0.25, -0.2) is 4.39 Å². The van der Waals surface area contributed by atoms with Crippen LogP contribution in [0.3, 0.4) is 0 Å². The lowest BCUT2D eigenvalue weighted by molar-refractivity contribution is 0.465. The van der Waals surface area contributed by atoms with Crippen molar-refractivity contribution in [2.75, 3.05) is 6.54 Å². The highest BCUT2D eigenvalue weighted by Crippen LogP contribution is 2.34. The van der Waals surface area contributed by atoms with E-state index in [4.69, 9.17) is 11.6 Å². The van der Waals surface area contributed by atoms with Crippen molar-refractivity contribution >= 4 is 11.6 Å². The Morgan fingerprint density at radius 1 is 1.47 bits per heavy atom. The average molecular weight is 256 g/mol. The minimum absolute atomic E-state index is 0.205. The van der Waals surface area contributed by atoms with E-state index >= 15 is 0 Å². The summed E-state index contributed by atoms with van der Waals surface area (Å²) in [5.74, 6) is 0.571. The second-order valence-corrected chi connectivity index (χ2v) is 5.29. The van der Waals surface area contributed by atoms with Crippen molar-refractivity contribution in [1.29, 1.82) is 0 Å². The summed E-state index contributed by atoms with van der Waals surface area (Å²) in [4.78, 5) is 0. The van der Waals surface area contributed by atoms with Crippen molar-refractivity contribution in [1.82, 2.24) is 5.32 Å². The van der Waals surface area contributed by atoms with Gasteiger partial charge in [-0.2, -0.15) is 0 Å².